The Morgan fingerprint density at radius 3 is 2.67 bits per heavy atom. The molecule has 0 aliphatic heterocycles. The molecule has 0 unspecified atom stereocenters. The Bertz CT molecular complexity index is 1250. The van der Waals surface area contributed by atoms with Crippen molar-refractivity contribution in [2.45, 2.75) is 0 Å². The highest BCUT2D eigenvalue weighted by molar-refractivity contribution is 6.07. The molecule has 6 nitrogen and oxygen atoms in total. The van der Waals surface area contributed by atoms with Crippen LogP contribution in [0.5, 0.6) is 5.75 Å². The second-order valence-corrected chi connectivity index (χ2v) is 6.61. The number of nitrogens with zero attached hydrogens (tertiary/aromatic N) is 2. The topological polar surface area (TPSA) is 77.0 Å². The fraction of sp³-hybridized carbons (Fsp3) is 0.0417. The molecule has 0 saturated heterocycles. The SMILES string of the molecule is COc1ccc(C=CC(=O)c2cccc(-n3cc(-c4cccnc4)[nH]c3=O)c2)cc1. The van der Waals surface area contributed by atoms with Gasteiger partial charge in [-0.05, 0) is 48.0 Å². The van der Waals surface area contributed by atoms with E-state index >= 15 is 0 Å². The minimum Gasteiger partial charge on any atom is -0.497 e. The van der Waals surface area contributed by atoms with Crippen LogP contribution in [0.3, 0.4) is 0 Å². The summed E-state index contributed by atoms with van der Waals surface area (Å²) in [5.74, 6) is 0.609. The van der Waals surface area contributed by atoms with Crippen molar-refractivity contribution >= 4 is 11.9 Å². The fourth-order valence-corrected chi connectivity index (χ4v) is 3.05. The maximum Gasteiger partial charge on any atom is 0.330 e. The maximum absolute atomic E-state index is 12.6. The molecular formula is C24H19N3O3. The summed E-state index contributed by atoms with van der Waals surface area (Å²) in [5.41, 5.74) is 3.17. The number of aromatic nitrogens is 3. The lowest BCUT2D eigenvalue weighted by molar-refractivity contribution is 0.104. The first-order valence-corrected chi connectivity index (χ1v) is 9.33. The number of hydrogen-bond acceptors (Lipinski definition) is 4. The molecule has 6 heteroatoms. The molecule has 0 radical (unpaired) electrons. The van der Waals surface area contributed by atoms with Crippen molar-refractivity contribution in [2.75, 3.05) is 7.11 Å². The molecule has 0 spiro atoms. The van der Waals surface area contributed by atoms with E-state index in [2.05, 4.69) is 9.97 Å². The summed E-state index contributed by atoms with van der Waals surface area (Å²) in [4.78, 5) is 32.0. The molecule has 0 aliphatic carbocycles. The molecule has 2 aromatic heterocycles. The average molecular weight is 397 g/mol. The van der Waals surface area contributed by atoms with Gasteiger partial charge in [0.15, 0.2) is 5.78 Å². The van der Waals surface area contributed by atoms with Crippen LogP contribution in [0.1, 0.15) is 15.9 Å². The molecule has 30 heavy (non-hydrogen) atoms. The van der Waals surface area contributed by atoms with E-state index < -0.39 is 0 Å². The lowest BCUT2D eigenvalue weighted by atomic mass is 10.1. The first-order valence-electron chi connectivity index (χ1n) is 9.33. The predicted molar refractivity (Wildman–Crippen MR) is 116 cm³/mol. The van der Waals surface area contributed by atoms with Gasteiger partial charge in [0.2, 0.25) is 0 Å². The molecule has 0 amide bonds. The number of allylic oxidation sites excluding steroid dienone is 1. The number of pyridine rings is 1. The quantitative estimate of drug-likeness (QED) is 0.392. The standard InChI is InChI=1S/C24H19N3O3/c1-30-21-10-7-17(8-11-21)9-12-23(28)18-4-2-6-20(14-18)27-16-22(26-24(27)29)19-5-3-13-25-15-19/h2-16H,1H3,(H,26,29). The second kappa shape index (κ2) is 8.45. The average Bonchev–Trinajstić information content (AvgIpc) is 3.20. The van der Waals surface area contributed by atoms with Crippen molar-refractivity contribution in [3.63, 3.8) is 0 Å². The third-order valence-corrected chi connectivity index (χ3v) is 4.64. The lowest BCUT2D eigenvalue weighted by Crippen LogP contribution is -2.14. The summed E-state index contributed by atoms with van der Waals surface area (Å²) in [5, 5.41) is 0. The number of ketones is 1. The number of hydrogen-bond donors (Lipinski definition) is 1. The molecule has 1 N–H and O–H groups in total. The van der Waals surface area contributed by atoms with Crippen LogP contribution < -0.4 is 10.4 Å². The van der Waals surface area contributed by atoms with E-state index in [1.54, 1.807) is 62.1 Å². The summed E-state index contributed by atoms with van der Waals surface area (Å²) in [6.07, 6.45) is 8.32. The number of ether oxygens (including phenoxy) is 1. The molecule has 4 aromatic rings. The number of aromatic amines is 1. The Morgan fingerprint density at radius 2 is 1.93 bits per heavy atom. The van der Waals surface area contributed by atoms with Crippen LogP contribution in [-0.2, 0) is 0 Å². The summed E-state index contributed by atoms with van der Waals surface area (Å²) in [7, 11) is 1.61. The lowest BCUT2D eigenvalue weighted by Gasteiger charge is -2.03. The monoisotopic (exact) mass is 397 g/mol. The zero-order valence-electron chi connectivity index (χ0n) is 16.3. The van der Waals surface area contributed by atoms with Crippen molar-refractivity contribution in [3.05, 3.63) is 107 Å². The Hall–Kier alpha value is -4.19. The second-order valence-electron chi connectivity index (χ2n) is 6.61. The zero-order valence-corrected chi connectivity index (χ0v) is 16.3. The minimum atomic E-state index is -0.285. The van der Waals surface area contributed by atoms with Crippen molar-refractivity contribution < 1.29 is 9.53 Å². The van der Waals surface area contributed by atoms with Crippen LogP contribution in [0.15, 0.2) is 90.1 Å². The molecule has 0 bridgehead atoms. The van der Waals surface area contributed by atoms with Gasteiger partial charge in [-0.25, -0.2) is 4.79 Å². The highest BCUT2D eigenvalue weighted by atomic mass is 16.5. The smallest absolute Gasteiger partial charge is 0.330 e. The third-order valence-electron chi connectivity index (χ3n) is 4.64. The van der Waals surface area contributed by atoms with Crippen LogP contribution in [0.2, 0.25) is 0 Å². The Kier molecular flexibility index (Phi) is 5.39. The van der Waals surface area contributed by atoms with Crippen molar-refractivity contribution in [1.29, 1.82) is 0 Å². The summed E-state index contributed by atoms with van der Waals surface area (Å²) in [6.45, 7) is 0. The molecule has 2 heterocycles. The molecule has 0 aliphatic rings. The van der Waals surface area contributed by atoms with Crippen LogP contribution >= 0.6 is 0 Å². The summed E-state index contributed by atoms with van der Waals surface area (Å²) >= 11 is 0. The van der Waals surface area contributed by atoms with Gasteiger partial charge in [0, 0.05) is 29.7 Å². The van der Waals surface area contributed by atoms with E-state index in [0.29, 0.717) is 16.9 Å². The van der Waals surface area contributed by atoms with Crippen molar-refractivity contribution in [2.24, 2.45) is 0 Å². The highest BCUT2D eigenvalue weighted by Crippen LogP contribution is 2.17. The first kappa shape index (κ1) is 19.1. The van der Waals surface area contributed by atoms with Crippen LogP contribution in [0.25, 0.3) is 23.0 Å². The molecule has 4 rings (SSSR count). The van der Waals surface area contributed by atoms with Gasteiger partial charge in [0.05, 0.1) is 18.5 Å². The van der Waals surface area contributed by atoms with Gasteiger partial charge in [0.1, 0.15) is 5.75 Å². The number of rotatable bonds is 6. The van der Waals surface area contributed by atoms with E-state index in [4.69, 9.17) is 4.74 Å². The Labute approximate surface area is 173 Å². The molecule has 0 fully saturated rings. The number of carbonyl (C=O) groups excluding carboxylic acids is 1. The highest BCUT2D eigenvalue weighted by Gasteiger charge is 2.09. The summed E-state index contributed by atoms with van der Waals surface area (Å²) in [6, 6.07) is 18.1. The van der Waals surface area contributed by atoms with E-state index in [1.165, 1.54) is 10.6 Å². The van der Waals surface area contributed by atoms with Gasteiger partial charge in [-0.2, -0.15) is 0 Å². The van der Waals surface area contributed by atoms with Gasteiger partial charge >= 0.3 is 5.69 Å². The van der Waals surface area contributed by atoms with Gasteiger partial charge in [-0.1, -0.05) is 30.3 Å². The summed E-state index contributed by atoms with van der Waals surface area (Å²) < 4.78 is 6.61. The van der Waals surface area contributed by atoms with E-state index in [0.717, 1.165) is 16.9 Å². The first-order chi connectivity index (χ1) is 14.6. The van der Waals surface area contributed by atoms with E-state index in [1.807, 2.05) is 30.3 Å². The number of imidazole rings is 1. The number of carbonyl (C=O) groups is 1. The Balaban J connectivity index is 1.58. The maximum atomic E-state index is 12.6. The minimum absolute atomic E-state index is 0.149. The zero-order chi connectivity index (χ0) is 20.9. The van der Waals surface area contributed by atoms with Gasteiger partial charge < -0.3 is 9.72 Å². The van der Waals surface area contributed by atoms with Crippen LogP contribution in [0.4, 0.5) is 0 Å². The number of H-pyrrole nitrogens is 1. The number of benzene rings is 2. The van der Waals surface area contributed by atoms with Crippen LogP contribution in [-0.4, -0.2) is 27.4 Å². The van der Waals surface area contributed by atoms with Gasteiger partial charge in [-0.15, -0.1) is 0 Å². The molecular weight excluding hydrogens is 378 g/mol. The normalized spacial score (nSPS) is 11.0. The number of methoxy groups -OCH3 is 1. The largest absolute Gasteiger partial charge is 0.497 e. The predicted octanol–water partition coefficient (Wildman–Crippen LogP) is 4.13. The van der Waals surface area contributed by atoms with Crippen molar-refractivity contribution in [1.82, 2.24) is 14.5 Å². The van der Waals surface area contributed by atoms with Gasteiger partial charge in [0.25, 0.3) is 0 Å². The fourth-order valence-electron chi connectivity index (χ4n) is 3.05. The van der Waals surface area contributed by atoms with E-state index in [-0.39, 0.29) is 11.5 Å². The van der Waals surface area contributed by atoms with E-state index in [9.17, 15) is 9.59 Å². The molecule has 2 aromatic carbocycles. The van der Waals surface area contributed by atoms with Crippen molar-refractivity contribution in [3.8, 4) is 22.7 Å². The third kappa shape index (κ3) is 4.12. The molecule has 0 atom stereocenters. The molecule has 0 saturated carbocycles. The molecule has 148 valence electrons. The van der Waals surface area contributed by atoms with Crippen LogP contribution in [0, 0.1) is 0 Å². The Morgan fingerprint density at radius 1 is 1.10 bits per heavy atom. The number of nitrogens with one attached hydrogen (secondary N) is 1. The van der Waals surface area contributed by atoms with Gasteiger partial charge in [-0.3, -0.25) is 14.3 Å².